The van der Waals surface area contributed by atoms with Gasteiger partial charge in [0.15, 0.2) is 6.61 Å². The van der Waals surface area contributed by atoms with Crippen molar-refractivity contribution in [1.82, 2.24) is 9.29 Å². The number of esters is 1. The van der Waals surface area contributed by atoms with Crippen molar-refractivity contribution in [2.24, 2.45) is 0 Å². The maximum atomic E-state index is 12.7. The van der Waals surface area contributed by atoms with Gasteiger partial charge in [0.05, 0.1) is 11.3 Å². The monoisotopic (exact) mass is 506 g/mol. The number of carbonyl (C=O) groups excluding carboxylic acids is 2. The maximum Gasteiger partial charge on any atom is 0.307 e. The van der Waals surface area contributed by atoms with E-state index in [1.807, 2.05) is 19.9 Å². The number of rotatable bonds is 11. The van der Waals surface area contributed by atoms with Gasteiger partial charge in [0, 0.05) is 35.1 Å². The standard InChI is InChI=1S/C25H31ClN2O5S/c1-18-16-23(19(2)28(18)15-13-20-6-4-3-5-7-20)24(29)17-33-25(30)12-14-27-34(31,32)22-10-8-21(26)9-11-22/h6,8-11,16,27H,3-5,7,12-15,17H2,1-2H3. The first-order valence-electron chi connectivity index (χ1n) is 11.5. The summed E-state index contributed by atoms with van der Waals surface area (Å²) in [5, 5.41) is 0.426. The second kappa shape index (κ2) is 11.8. The first-order chi connectivity index (χ1) is 16.2. The van der Waals surface area contributed by atoms with Gasteiger partial charge in [-0.3, -0.25) is 9.59 Å². The van der Waals surface area contributed by atoms with Gasteiger partial charge in [-0.05, 0) is 76.3 Å². The van der Waals surface area contributed by atoms with Crippen molar-refractivity contribution in [2.75, 3.05) is 13.2 Å². The minimum Gasteiger partial charge on any atom is -0.457 e. The van der Waals surface area contributed by atoms with Crippen LogP contribution in [0.2, 0.25) is 5.02 Å². The van der Waals surface area contributed by atoms with Crippen molar-refractivity contribution in [3.63, 3.8) is 0 Å². The molecule has 1 aliphatic carbocycles. The van der Waals surface area contributed by atoms with Gasteiger partial charge in [0.1, 0.15) is 0 Å². The van der Waals surface area contributed by atoms with E-state index in [0.717, 1.165) is 37.2 Å². The third-order valence-electron chi connectivity index (χ3n) is 6.02. The van der Waals surface area contributed by atoms with Crippen molar-refractivity contribution < 1.29 is 22.7 Å². The van der Waals surface area contributed by atoms with E-state index in [1.165, 1.54) is 42.7 Å². The third kappa shape index (κ3) is 7.04. The molecule has 7 nitrogen and oxygen atoms in total. The molecule has 0 saturated heterocycles. The number of allylic oxidation sites excluding steroid dienone is 2. The largest absolute Gasteiger partial charge is 0.457 e. The Bertz CT molecular complexity index is 1170. The zero-order valence-electron chi connectivity index (χ0n) is 19.6. The van der Waals surface area contributed by atoms with Crippen molar-refractivity contribution >= 4 is 33.4 Å². The molecule has 0 radical (unpaired) electrons. The Labute approximate surface area is 206 Å². The summed E-state index contributed by atoms with van der Waals surface area (Å²) >= 11 is 5.77. The van der Waals surface area contributed by atoms with Gasteiger partial charge in [-0.1, -0.05) is 23.3 Å². The summed E-state index contributed by atoms with van der Waals surface area (Å²) in [5.74, 6) is -0.920. The summed E-state index contributed by atoms with van der Waals surface area (Å²) in [6.07, 6.45) is 7.93. The van der Waals surface area contributed by atoms with Crippen LogP contribution in [0.4, 0.5) is 0 Å². The molecule has 3 rings (SSSR count). The molecule has 1 heterocycles. The van der Waals surface area contributed by atoms with E-state index in [0.29, 0.717) is 10.6 Å². The number of aryl methyl sites for hydroxylation is 1. The molecule has 9 heteroatoms. The highest BCUT2D eigenvalue weighted by Gasteiger charge is 2.19. The molecule has 0 bridgehead atoms. The van der Waals surface area contributed by atoms with Crippen LogP contribution in [-0.4, -0.2) is 37.9 Å². The zero-order valence-corrected chi connectivity index (χ0v) is 21.2. The van der Waals surface area contributed by atoms with E-state index in [-0.39, 0.29) is 30.3 Å². The van der Waals surface area contributed by atoms with E-state index >= 15 is 0 Å². The number of carbonyl (C=O) groups is 2. The molecule has 34 heavy (non-hydrogen) atoms. The zero-order chi connectivity index (χ0) is 24.7. The number of nitrogens with one attached hydrogen (secondary N) is 1. The lowest BCUT2D eigenvalue weighted by Gasteiger charge is -2.15. The molecular formula is C25H31ClN2O5S. The molecular weight excluding hydrogens is 476 g/mol. The molecule has 1 aromatic heterocycles. The fourth-order valence-corrected chi connectivity index (χ4v) is 5.25. The molecule has 1 aromatic carbocycles. The lowest BCUT2D eigenvalue weighted by Crippen LogP contribution is -2.27. The van der Waals surface area contributed by atoms with Crippen LogP contribution in [0.1, 0.15) is 60.3 Å². The predicted molar refractivity (Wildman–Crippen MR) is 132 cm³/mol. The summed E-state index contributed by atoms with van der Waals surface area (Å²) < 4.78 is 34.0. The SMILES string of the molecule is Cc1cc(C(=O)COC(=O)CCNS(=O)(=O)c2ccc(Cl)cc2)c(C)n1CCC1=CCCCC1. The molecule has 0 saturated carbocycles. The van der Waals surface area contributed by atoms with Gasteiger partial charge < -0.3 is 9.30 Å². The highest BCUT2D eigenvalue weighted by Crippen LogP contribution is 2.23. The van der Waals surface area contributed by atoms with Crippen LogP contribution in [0.3, 0.4) is 0 Å². The number of sulfonamides is 1. The van der Waals surface area contributed by atoms with E-state index < -0.39 is 16.0 Å². The molecule has 0 atom stereocenters. The van der Waals surface area contributed by atoms with Crippen LogP contribution in [0.15, 0.2) is 46.9 Å². The number of halogens is 1. The summed E-state index contributed by atoms with van der Waals surface area (Å²) in [6, 6.07) is 7.54. The lowest BCUT2D eigenvalue weighted by atomic mass is 9.97. The lowest BCUT2D eigenvalue weighted by molar-refractivity contribution is -0.142. The number of aromatic nitrogens is 1. The Hall–Kier alpha value is -2.42. The smallest absolute Gasteiger partial charge is 0.307 e. The predicted octanol–water partition coefficient (Wildman–Crippen LogP) is 4.74. The van der Waals surface area contributed by atoms with Crippen molar-refractivity contribution in [3.05, 3.63) is 64.0 Å². The van der Waals surface area contributed by atoms with Gasteiger partial charge in [-0.25, -0.2) is 13.1 Å². The second-order valence-corrected chi connectivity index (χ2v) is 10.7. The number of Topliss-reactive ketones (excluding diaryl/α,β-unsaturated/α-hetero) is 1. The number of hydrogen-bond donors (Lipinski definition) is 1. The Morgan fingerprint density at radius 3 is 2.56 bits per heavy atom. The molecule has 1 aliphatic rings. The van der Waals surface area contributed by atoms with Gasteiger partial charge in [-0.15, -0.1) is 0 Å². The van der Waals surface area contributed by atoms with E-state index in [9.17, 15) is 18.0 Å². The Morgan fingerprint density at radius 1 is 1.15 bits per heavy atom. The Morgan fingerprint density at radius 2 is 1.88 bits per heavy atom. The van der Waals surface area contributed by atoms with Crippen LogP contribution in [0, 0.1) is 13.8 Å². The summed E-state index contributed by atoms with van der Waals surface area (Å²) in [7, 11) is -3.76. The van der Waals surface area contributed by atoms with Crippen LogP contribution >= 0.6 is 11.6 Å². The highest BCUT2D eigenvalue weighted by molar-refractivity contribution is 7.89. The van der Waals surface area contributed by atoms with Crippen LogP contribution in [-0.2, 0) is 26.1 Å². The minimum atomic E-state index is -3.76. The van der Waals surface area contributed by atoms with Gasteiger partial charge in [0.2, 0.25) is 15.8 Å². The van der Waals surface area contributed by atoms with E-state index in [4.69, 9.17) is 16.3 Å². The Balaban J connectivity index is 1.47. The van der Waals surface area contributed by atoms with E-state index in [1.54, 1.807) is 0 Å². The number of benzene rings is 1. The van der Waals surface area contributed by atoms with Gasteiger partial charge >= 0.3 is 5.97 Å². The first-order valence-corrected chi connectivity index (χ1v) is 13.3. The first kappa shape index (κ1) is 26.2. The number of ether oxygens (including phenoxy) is 1. The van der Waals surface area contributed by atoms with Crippen molar-refractivity contribution in [1.29, 1.82) is 0 Å². The molecule has 2 aromatic rings. The number of ketones is 1. The van der Waals surface area contributed by atoms with E-state index in [2.05, 4.69) is 15.4 Å². The fourth-order valence-electron chi connectivity index (χ4n) is 4.10. The molecule has 0 aliphatic heterocycles. The molecule has 0 unspecified atom stereocenters. The summed E-state index contributed by atoms with van der Waals surface area (Å²) in [5.41, 5.74) is 3.89. The molecule has 184 valence electrons. The van der Waals surface area contributed by atoms with Crippen molar-refractivity contribution in [3.8, 4) is 0 Å². The number of nitrogens with zero attached hydrogens (tertiary/aromatic N) is 1. The quantitative estimate of drug-likeness (QED) is 0.270. The highest BCUT2D eigenvalue weighted by atomic mass is 35.5. The normalized spacial score (nSPS) is 14.0. The number of hydrogen-bond acceptors (Lipinski definition) is 5. The molecule has 0 amide bonds. The summed E-state index contributed by atoms with van der Waals surface area (Å²) in [4.78, 5) is 24.8. The van der Waals surface area contributed by atoms with Crippen molar-refractivity contribution in [2.45, 2.75) is 63.8 Å². The average Bonchev–Trinajstić information content (AvgIpc) is 3.10. The topological polar surface area (TPSA) is 94.5 Å². The van der Waals surface area contributed by atoms with Gasteiger partial charge in [-0.2, -0.15) is 0 Å². The third-order valence-corrected chi connectivity index (χ3v) is 7.75. The second-order valence-electron chi connectivity index (χ2n) is 8.48. The van der Waals surface area contributed by atoms with Crippen LogP contribution < -0.4 is 4.72 Å². The average molecular weight is 507 g/mol. The molecule has 0 spiro atoms. The molecule has 0 fully saturated rings. The van der Waals surface area contributed by atoms with Gasteiger partial charge in [0.25, 0.3) is 0 Å². The maximum absolute atomic E-state index is 12.7. The van der Waals surface area contributed by atoms with Crippen LogP contribution in [0.25, 0.3) is 0 Å². The summed E-state index contributed by atoms with van der Waals surface area (Å²) in [6.45, 7) is 4.19. The fraction of sp³-hybridized carbons (Fsp3) is 0.440. The van der Waals surface area contributed by atoms with Crippen LogP contribution in [0.5, 0.6) is 0 Å². The minimum absolute atomic E-state index is 0.0515. The Kier molecular flexibility index (Phi) is 9.10. The molecule has 1 N–H and O–H groups in total.